The van der Waals surface area contributed by atoms with Crippen molar-refractivity contribution in [1.29, 1.82) is 0 Å². The van der Waals surface area contributed by atoms with E-state index in [4.69, 9.17) is 0 Å². The zero-order chi connectivity index (χ0) is 18.0. The molecule has 0 spiro atoms. The summed E-state index contributed by atoms with van der Waals surface area (Å²) in [5.41, 5.74) is -1.58. The number of H-pyrrole nitrogens is 1. The smallest absolute Gasteiger partial charge is 0.327 e. The molecule has 0 aliphatic rings. The molecule has 2 N–H and O–H groups in total. The summed E-state index contributed by atoms with van der Waals surface area (Å²) in [5, 5.41) is 2.70. The van der Waals surface area contributed by atoms with Gasteiger partial charge in [0.1, 0.15) is 10.7 Å². The predicted molar refractivity (Wildman–Crippen MR) is 89.3 cm³/mol. The van der Waals surface area contributed by atoms with Crippen LogP contribution in [0.3, 0.4) is 0 Å². The Kier molecular flexibility index (Phi) is 4.41. The third-order valence-corrected chi connectivity index (χ3v) is 4.18. The average Bonchev–Trinajstić information content (AvgIpc) is 2.97. The van der Waals surface area contributed by atoms with E-state index in [1.807, 2.05) is 29.2 Å². The third-order valence-electron chi connectivity index (χ3n) is 3.18. The van der Waals surface area contributed by atoms with E-state index < -0.39 is 28.9 Å². The molecule has 25 heavy (non-hydrogen) atoms. The number of fused-ring (bicyclic) bond motifs is 1. The van der Waals surface area contributed by atoms with Crippen molar-refractivity contribution in [3.63, 3.8) is 0 Å². The lowest BCUT2D eigenvalue weighted by molar-refractivity contribution is -0.137. The molecule has 3 aromatic rings. The zero-order valence-electron chi connectivity index (χ0n) is 12.4. The Morgan fingerprint density at radius 1 is 1.28 bits per heavy atom. The molecule has 0 atom stereocenters. The number of carbonyl (C=O) groups is 1. The molecular weight excluding hydrogens is 355 g/mol. The summed E-state index contributed by atoms with van der Waals surface area (Å²) < 4.78 is 38.9. The highest BCUT2D eigenvalue weighted by molar-refractivity contribution is 7.19. The minimum atomic E-state index is -4.62. The summed E-state index contributed by atoms with van der Waals surface area (Å²) in [6.45, 7) is 0. The van der Waals surface area contributed by atoms with Crippen molar-refractivity contribution in [1.82, 2.24) is 9.97 Å². The Morgan fingerprint density at radius 2 is 2.04 bits per heavy atom. The molecule has 2 heterocycles. The van der Waals surface area contributed by atoms with Gasteiger partial charge in [-0.3, -0.25) is 9.59 Å². The minimum Gasteiger partial charge on any atom is -0.327 e. The van der Waals surface area contributed by atoms with Gasteiger partial charge in [-0.25, -0.2) is 4.98 Å². The molecule has 0 unspecified atom stereocenters. The highest BCUT2D eigenvalue weighted by Crippen LogP contribution is 2.29. The van der Waals surface area contributed by atoms with E-state index >= 15 is 0 Å². The van der Waals surface area contributed by atoms with Gasteiger partial charge >= 0.3 is 6.18 Å². The first-order valence-electron chi connectivity index (χ1n) is 6.97. The number of rotatable bonds is 3. The lowest BCUT2D eigenvalue weighted by Gasteiger charge is -2.08. The number of halogens is 3. The maximum atomic E-state index is 12.7. The second kappa shape index (κ2) is 6.52. The molecule has 0 radical (unpaired) electrons. The first-order chi connectivity index (χ1) is 11.8. The maximum absolute atomic E-state index is 12.7. The summed E-state index contributed by atoms with van der Waals surface area (Å²) >= 11 is 1.36. The highest BCUT2D eigenvalue weighted by atomic mass is 32.1. The number of aromatic amines is 1. The van der Waals surface area contributed by atoms with Gasteiger partial charge < -0.3 is 10.3 Å². The van der Waals surface area contributed by atoms with Crippen molar-refractivity contribution in [3.05, 3.63) is 63.5 Å². The van der Waals surface area contributed by atoms with Crippen LogP contribution in [0.4, 0.5) is 18.9 Å². The van der Waals surface area contributed by atoms with Crippen molar-refractivity contribution >= 4 is 39.2 Å². The van der Waals surface area contributed by atoms with Gasteiger partial charge in [0, 0.05) is 12.3 Å². The molecule has 1 aromatic carbocycles. The number of hydrogen-bond donors (Lipinski definition) is 2. The number of nitrogens with one attached hydrogen (secondary N) is 2. The van der Waals surface area contributed by atoms with Crippen LogP contribution in [0.1, 0.15) is 10.6 Å². The van der Waals surface area contributed by atoms with Crippen molar-refractivity contribution in [2.45, 2.75) is 6.18 Å². The van der Waals surface area contributed by atoms with E-state index in [0.29, 0.717) is 17.3 Å². The third kappa shape index (κ3) is 3.94. The molecule has 0 aliphatic heterocycles. The van der Waals surface area contributed by atoms with Crippen LogP contribution in [0.15, 0.2) is 47.4 Å². The van der Waals surface area contributed by atoms with Crippen LogP contribution in [0.25, 0.3) is 16.3 Å². The fourth-order valence-electron chi connectivity index (χ4n) is 2.02. The van der Waals surface area contributed by atoms with Crippen molar-refractivity contribution in [2.24, 2.45) is 0 Å². The summed E-state index contributed by atoms with van der Waals surface area (Å²) in [4.78, 5) is 29.7. The first kappa shape index (κ1) is 16.9. The van der Waals surface area contributed by atoms with E-state index in [-0.39, 0.29) is 0 Å². The van der Waals surface area contributed by atoms with Crippen LogP contribution >= 0.6 is 11.3 Å². The van der Waals surface area contributed by atoms with Crippen LogP contribution in [0.5, 0.6) is 0 Å². The molecule has 1 amide bonds. The van der Waals surface area contributed by atoms with Crippen LogP contribution < -0.4 is 10.9 Å². The number of alkyl halides is 3. The van der Waals surface area contributed by atoms with Gasteiger partial charge in [-0.1, -0.05) is 12.1 Å². The van der Waals surface area contributed by atoms with Gasteiger partial charge in [-0.05, 0) is 24.3 Å². The van der Waals surface area contributed by atoms with Gasteiger partial charge in [0.2, 0.25) is 5.91 Å². The monoisotopic (exact) mass is 365 g/mol. The Hall–Kier alpha value is -2.94. The Balaban J connectivity index is 1.77. The molecule has 0 saturated heterocycles. The normalized spacial score (nSPS) is 12.0. The number of amides is 1. The molecule has 5 nitrogen and oxygen atoms in total. The first-order valence-corrected chi connectivity index (χ1v) is 7.79. The van der Waals surface area contributed by atoms with Crippen LogP contribution in [-0.2, 0) is 11.0 Å². The van der Waals surface area contributed by atoms with E-state index in [1.165, 1.54) is 17.4 Å². The molecule has 128 valence electrons. The number of thiazole rings is 1. The van der Waals surface area contributed by atoms with Crippen molar-refractivity contribution < 1.29 is 18.0 Å². The Morgan fingerprint density at radius 3 is 2.76 bits per heavy atom. The topological polar surface area (TPSA) is 74.8 Å². The number of nitrogens with zero attached hydrogens (tertiary/aromatic N) is 1. The molecule has 2 aromatic heterocycles. The fraction of sp³-hybridized carbons (Fsp3) is 0.0625. The van der Waals surface area contributed by atoms with Gasteiger partial charge in [-0.2, -0.15) is 13.2 Å². The number of carbonyl (C=O) groups excluding carboxylic acids is 1. The molecule has 0 saturated carbocycles. The number of aromatic nitrogens is 2. The molecular formula is C16H10F3N3O2S. The largest absolute Gasteiger partial charge is 0.417 e. The number of hydrogen-bond acceptors (Lipinski definition) is 4. The quantitative estimate of drug-likeness (QED) is 0.696. The molecule has 0 bridgehead atoms. The van der Waals surface area contributed by atoms with E-state index in [1.54, 1.807) is 0 Å². The number of benzene rings is 1. The highest BCUT2D eigenvalue weighted by Gasteiger charge is 2.31. The van der Waals surface area contributed by atoms with Gasteiger partial charge in [0.25, 0.3) is 5.56 Å². The molecule has 0 aliphatic carbocycles. The predicted octanol–water partition coefficient (Wildman–Crippen LogP) is 3.66. The maximum Gasteiger partial charge on any atom is 0.417 e. The van der Waals surface area contributed by atoms with E-state index in [0.717, 1.165) is 16.3 Å². The van der Waals surface area contributed by atoms with Gasteiger partial charge in [0.15, 0.2) is 0 Å². The fourth-order valence-corrected chi connectivity index (χ4v) is 2.89. The molecule has 9 heteroatoms. The van der Waals surface area contributed by atoms with Crippen molar-refractivity contribution in [3.8, 4) is 0 Å². The average molecular weight is 365 g/mol. The van der Waals surface area contributed by atoms with E-state index in [2.05, 4.69) is 10.3 Å². The Labute approximate surface area is 142 Å². The molecule has 0 fully saturated rings. The number of anilines is 1. The number of para-hydroxylation sites is 1. The second-order valence-electron chi connectivity index (χ2n) is 4.97. The summed E-state index contributed by atoms with van der Waals surface area (Å²) in [6, 6.07) is 7.99. The minimum absolute atomic E-state index is 0.478. The summed E-state index contributed by atoms with van der Waals surface area (Å²) in [6.07, 6.45) is -1.53. The van der Waals surface area contributed by atoms with E-state index in [9.17, 15) is 22.8 Å². The summed E-state index contributed by atoms with van der Waals surface area (Å²) in [5.74, 6) is -0.732. The van der Waals surface area contributed by atoms with Crippen LogP contribution in [0.2, 0.25) is 0 Å². The standard InChI is InChI=1S/C16H10F3N3O2S/c17-16(18,19)9-7-11(15(24)20-8-9)21-13(23)5-6-14-22-10-3-1-2-4-12(10)25-14/h1-8H,(H,20,24)(H,21,23)/b6-5+. The van der Waals surface area contributed by atoms with Crippen LogP contribution in [0, 0.1) is 0 Å². The molecule has 3 rings (SSSR count). The lowest BCUT2D eigenvalue weighted by atomic mass is 10.2. The zero-order valence-corrected chi connectivity index (χ0v) is 13.2. The Bertz CT molecular complexity index is 988. The summed E-state index contributed by atoms with van der Waals surface area (Å²) in [7, 11) is 0. The SMILES string of the molecule is O=C(/C=C/c1nc2ccccc2s1)Nc1cc(C(F)(F)F)c[nH]c1=O. The second-order valence-corrected chi connectivity index (χ2v) is 6.03. The number of pyridine rings is 1. The van der Waals surface area contributed by atoms with Crippen molar-refractivity contribution in [2.75, 3.05) is 5.32 Å². The van der Waals surface area contributed by atoms with Crippen LogP contribution in [-0.4, -0.2) is 15.9 Å². The van der Waals surface area contributed by atoms with Gasteiger partial charge in [-0.15, -0.1) is 11.3 Å². The van der Waals surface area contributed by atoms with Gasteiger partial charge in [0.05, 0.1) is 15.8 Å². The lowest BCUT2D eigenvalue weighted by Crippen LogP contribution is -2.20.